The Labute approximate surface area is 129 Å². The summed E-state index contributed by atoms with van der Waals surface area (Å²) >= 11 is 1.46. The van der Waals surface area contributed by atoms with Gasteiger partial charge in [-0.1, -0.05) is 24.3 Å². The summed E-state index contributed by atoms with van der Waals surface area (Å²) in [5.41, 5.74) is 2.48. The third-order valence-corrected chi connectivity index (χ3v) is 6.36. The van der Waals surface area contributed by atoms with Crippen LogP contribution in [0.5, 0.6) is 0 Å². The van der Waals surface area contributed by atoms with Gasteiger partial charge < -0.3 is 5.32 Å². The minimum Gasteiger partial charge on any atom is -0.315 e. The molecule has 0 bridgehead atoms. The molecule has 0 saturated carbocycles. The van der Waals surface area contributed by atoms with Gasteiger partial charge in [0, 0.05) is 17.5 Å². The van der Waals surface area contributed by atoms with Crippen molar-refractivity contribution in [2.24, 2.45) is 0 Å². The lowest BCUT2D eigenvalue weighted by atomic mass is 10.1. The van der Waals surface area contributed by atoms with E-state index in [4.69, 9.17) is 0 Å². The van der Waals surface area contributed by atoms with Crippen LogP contribution in [0.1, 0.15) is 16.0 Å². The summed E-state index contributed by atoms with van der Waals surface area (Å²) in [4.78, 5) is 1.25. The largest absolute Gasteiger partial charge is 0.315 e. The average Bonchev–Trinajstić information content (AvgIpc) is 3.04. The molecule has 21 heavy (non-hydrogen) atoms. The van der Waals surface area contributed by atoms with Crippen molar-refractivity contribution in [2.45, 2.75) is 30.3 Å². The van der Waals surface area contributed by atoms with Crippen LogP contribution in [0.25, 0.3) is 0 Å². The maximum absolute atomic E-state index is 12.6. The van der Waals surface area contributed by atoms with E-state index >= 15 is 0 Å². The summed E-state index contributed by atoms with van der Waals surface area (Å²) in [6.45, 7) is 0.568. The second-order valence-electron chi connectivity index (χ2n) is 5.23. The van der Waals surface area contributed by atoms with Crippen molar-refractivity contribution in [2.75, 3.05) is 7.05 Å². The van der Waals surface area contributed by atoms with E-state index in [1.54, 1.807) is 6.07 Å². The van der Waals surface area contributed by atoms with Crippen LogP contribution in [-0.4, -0.2) is 21.5 Å². The van der Waals surface area contributed by atoms with Gasteiger partial charge in [-0.15, -0.1) is 11.3 Å². The molecule has 6 heteroatoms. The van der Waals surface area contributed by atoms with Crippen molar-refractivity contribution in [3.63, 3.8) is 0 Å². The number of rotatable bonds is 5. The molecule has 1 aromatic heterocycles. The SMILES string of the molecule is CNCc1sccc1S(=O)(=O)NC1Cc2ccccc2C1. The maximum atomic E-state index is 12.6. The Morgan fingerprint density at radius 3 is 2.48 bits per heavy atom. The first-order valence-corrected chi connectivity index (χ1v) is 9.26. The molecule has 1 aliphatic carbocycles. The third kappa shape index (κ3) is 3.03. The zero-order valence-corrected chi connectivity index (χ0v) is 13.4. The van der Waals surface area contributed by atoms with Crippen molar-refractivity contribution in [1.29, 1.82) is 0 Å². The molecule has 1 heterocycles. The molecule has 0 saturated heterocycles. The summed E-state index contributed by atoms with van der Waals surface area (Å²) in [6, 6.07) is 9.78. The molecule has 0 amide bonds. The quantitative estimate of drug-likeness (QED) is 0.884. The molecule has 3 rings (SSSR count). The summed E-state index contributed by atoms with van der Waals surface area (Å²) in [6.07, 6.45) is 1.53. The van der Waals surface area contributed by atoms with E-state index in [0.29, 0.717) is 11.4 Å². The van der Waals surface area contributed by atoms with Crippen LogP contribution in [0.15, 0.2) is 40.6 Å². The third-order valence-electron chi connectivity index (χ3n) is 3.70. The van der Waals surface area contributed by atoms with Crippen LogP contribution in [-0.2, 0) is 29.4 Å². The van der Waals surface area contributed by atoms with Crippen LogP contribution in [0.3, 0.4) is 0 Å². The van der Waals surface area contributed by atoms with E-state index in [-0.39, 0.29) is 6.04 Å². The molecule has 2 aromatic rings. The first-order valence-electron chi connectivity index (χ1n) is 6.90. The number of fused-ring (bicyclic) bond motifs is 1. The Bertz CT molecular complexity index is 713. The van der Waals surface area contributed by atoms with E-state index in [9.17, 15) is 8.42 Å². The molecule has 2 N–H and O–H groups in total. The molecule has 1 aliphatic rings. The van der Waals surface area contributed by atoms with Crippen molar-refractivity contribution in [1.82, 2.24) is 10.0 Å². The molecular formula is C15H18N2O2S2. The second-order valence-corrected chi connectivity index (χ2v) is 7.92. The summed E-state index contributed by atoms with van der Waals surface area (Å²) in [5, 5.41) is 4.83. The maximum Gasteiger partial charge on any atom is 0.241 e. The number of nitrogens with one attached hydrogen (secondary N) is 2. The zero-order valence-electron chi connectivity index (χ0n) is 11.8. The van der Waals surface area contributed by atoms with Gasteiger partial charge in [-0.2, -0.15) is 0 Å². The Kier molecular flexibility index (Phi) is 4.12. The average molecular weight is 322 g/mol. The van der Waals surface area contributed by atoms with Gasteiger partial charge >= 0.3 is 0 Å². The lowest BCUT2D eigenvalue weighted by Gasteiger charge is -2.13. The van der Waals surface area contributed by atoms with Crippen molar-refractivity contribution in [3.05, 3.63) is 51.7 Å². The van der Waals surface area contributed by atoms with Crippen LogP contribution in [0.4, 0.5) is 0 Å². The minimum atomic E-state index is -3.45. The van der Waals surface area contributed by atoms with Crippen molar-refractivity contribution >= 4 is 21.4 Å². The van der Waals surface area contributed by atoms with E-state index < -0.39 is 10.0 Å². The fraction of sp³-hybridized carbons (Fsp3) is 0.333. The monoisotopic (exact) mass is 322 g/mol. The predicted molar refractivity (Wildman–Crippen MR) is 85.0 cm³/mol. The molecular weight excluding hydrogens is 304 g/mol. The number of thiophene rings is 1. The van der Waals surface area contributed by atoms with E-state index in [0.717, 1.165) is 17.7 Å². The molecule has 112 valence electrons. The van der Waals surface area contributed by atoms with Gasteiger partial charge in [0.25, 0.3) is 0 Å². The highest BCUT2D eigenvalue weighted by molar-refractivity contribution is 7.89. The Hall–Kier alpha value is -1.21. The lowest BCUT2D eigenvalue weighted by Crippen LogP contribution is -2.35. The lowest BCUT2D eigenvalue weighted by molar-refractivity contribution is 0.554. The molecule has 0 fully saturated rings. The van der Waals surface area contributed by atoms with Gasteiger partial charge in [-0.05, 0) is 42.5 Å². The van der Waals surface area contributed by atoms with Gasteiger partial charge in [0.1, 0.15) is 0 Å². The smallest absolute Gasteiger partial charge is 0.241 e. The first kappa shape index (κ1) is 14.7. The van der Waals surface area contributed by atoms with Gasteiger partial charge in [-0.25, -0.2) is 13.1 Å². The van der Waals surface area contributed by atoms with Gasteiger partial charge in [0.2, 0.25) is 10.0 Å². The molecule has 0 unspecified atom stereocenters. The topological polar surface area (TPSA) is 58.2 Å². The highest BCUT2D eigenvalue weighted by Crippen LogP contribution is 2.25. The molecule has 0 aliphatic heterocycles. The fourth-order valence-electron chi connectivity index (χ4n) is 2.78. The standard InChI is InChI=1S/C15H18N2O2S2/c1-16-10-14-15(6-7-20-14)21(18,19)17-13-8-11-4-2-3-5-12(11)9-13/h2-7,13,16-17H,8-10H2,1H3. The van der Waals surface area contributed by atoms with Crippen LogP contribution in [0.2, 0.25) is 0 Å². The Morgan fingerprint density at radius 1 is 1.19 bits per heavy atom. The second kappa shape index (κ2) is 5.88. The van der Waals surface area contributed by atoms with E-state index in [2.05, 4.69) is 22.2 Å². The van der Waals surface area contributed by atoms with Gasteiger partial charge in [0.05, 0.1) is 4.90 Å². The van der Waals surface area contributed by atoms with Gasteiger partial charge in [-0.3, -0.25) is 0 Å². The predicted octanol–water partition coefficient (Wildman–Crippen LogP) is 1.91. The van der Waals surface area contributed by atoms with Crippen molar-refractivity contribution in [3.8, 4) is 0 Å². The van der Waals surface area contributed by atoms with Crippen molar-refractivity contribution < 1.29 is 8.42 Å². The molecule has 0 spiro atoms. The Balaban J connectivity index is 1.77. The van der Waals surface area contributed by atoms with Crippen LogP contribution >= 0.6 is 11.3 Å². The molecule has 0 radical (unpaired) electrons. The van der Waals surface area contributed by atoms with Gasteiger partial charge in [0.15, 0.2) is 0 Å². The van der Waals surface area contributed by atoms with Crippen LogP contribution < -0.4 is 10.0 Å². The minimum absolute atomic E-state index is 0.0465. The summed E-state index contributed by atoms with van der Waals surface area (Å²) in [5.74, 6) is 0. The molecule has 4 nitrogen and oxygen atoms in total. The fourth-order valence-corrected chi connectivity index (χ4v) is 5.47. The Morgan fingerprint density at radius 2 is 1.86 bits per heavy atom. The number of benzene rings is 1. The first-order chi connectivity index (χ1) is 10.1. The van der Waals surface area contributed by atoms with E-state index in [1.165, 1.54) is 22.5 Å². The van der Waals surface area contributed by atoms with E-state index in [1.807, 2.05) is 24.6 Å². The normalized spacial score (nSPS) is 15.3. The molecule has 1 aromatic carbocycles. The number of sulfonamides is 1. The highest BCUT2D eigenvalue weighted by Gasteiger charge is 2.27. The summed E-state index contributed by atoms with van der Waals surface area (Å²) < 4.78 is 28.0. The molecule has 0 atom stereocenters. The van der Waals surface area contributed by atoms with Crippen LogP contribution in [0, 0.1) is 0 Å². The summed E-state index contributed by atoms with van der Waals surface area (Å²) in [7, 11) is -1.63. The zero-order chi connectivity index (χ0) is 14.9. The number of hydrogen-bond donors (Lipinski definition) is 2. The highest BCUT2D eigenvalue weighted by atomic mass is 32.2. The number of hydrogen-bond acceptors (Lipinski definition) is 4.